The van der Waals surface area contributed by atoms with Gasteiger partial charge in [0.2, 0.25) is 0 Å². The summed E-state index contributed by atoms with van der Waals surface area (Å²) in [6, 6.07) is 1.19. The quantitative estimate of drug-likeness (QED) is 0.612. The second-order valence-electron chi connectivity index (χ2n) is 3.71. The Balaban J connectivity index is 2.00. The van der Waals surface area contributed by atoms with Gasteiger partial charge in [-0.05, 0) is 26.3 Å². The van der Waals surface area contributed by atoms with Crippen LogP contribution in [0.3, 0.4) is 0 Å². The van der Waals surface area contributed by atoms with Crippen molar-refractivity contribution in [3.8, 4) is 0 Å². The van der Waals surface area contributed by atoms with Crippen LogP contribution in [0.25, 0.3) is 0 Å². The number of ether oxygens (including phenoxy) is 1. The molecule has 3 nitrogen and oxygen atoms in total. The lowest BCUT2D eigenvalue weighted by molar-refractivity contribution is 0.119. The van der Waals surface area contributed by atoms with Gasteiger partial charge in [-0.3, -0.25) is 0 Å². The molecule has 0 saturated heterocycles. The molecule has 0 aromatic carbocycles. The second kappa shape index (κ2) is 4.80. The summed E-state index contributed by atoms with van der Waals surface area (Å²) in [4.78, 5) is 2.39. The third-order valence-corrected chi connectivity index (χ3v) is 2.63. The zero-order valence-corrected chi connectivity index (χ0v) is 8.12. The molecule has 0 amide bonds. The van der Waals surface area contributed by atoms with Gasteiger partial charge in [-0.1, -0.05) is 0 Å². The van der Waals surface area contributed by atoms with Crippen molar-refractivity contribution in [2.45, 2.75) is 31.3 Å². The monoisotopic (exact) mass is 172 g/mol. The summed E-state index contributed by atoms with van der Waals surface area (Å²) in [5, 5.41) is 0. The SMILES string of the molecule is COCCCN(C)C1CC(N)C1. The van der Waals surface area contributed by atoms with E-state index in [9.17, 15) is 0 Å². The van der Waals surface area contributed by atoms with Gasteiger partial charge in [-0.15, -0.1) is 0 Å². The fourth-order valence-corrected chi connectivity index (χ4v) is 1.63. The Morgan fingerprint density at radius 2 is 2.17 bits per heavy atom. The van der Waals surface area contributed by atoms with Gasteiger partial charge in [0, 0.05) is 32.3 Å². The first kappa shape index (κ1) is 9.96. The van der Waals surface area contributed by atoms with E-state index in [1.54, 1.807) is 7.11 Å². The van der Waals surface area contributed by atoms with Gasteiger partial charge < -0.3 is 15.4 Å². The molecule has 0 radical (unpaired) electrons. The third-order valence-electron chi connectivity index (χ3n) is 2.63. The average molecular weight is 172 g/mol. The summed E-state index contributed by atoms with van der Waals surface area (Å²) in [6.07, 6.45) is 3.46. The minimum Gasteiger partial charge on any atom is -0.385 e. The molecule has 0 aromatic rings. The molecule has 1 saturated carbocycles. The molecule has 1 rings (SSSR count). The van der Waals surface area contributed by atoms with Crippen LogP contribution < -0.4 is 5.73 Å². The van der Waals surface area contributed by atoms with Crippen LogP contribution in [-0.4, -0.2) is 44.3 Å². The van der Waals surface area contributed by atoms with Crippen LogP contribution in [0.1, 0.15) is 19.3 Å². The maximum Gasteiger partial charge on any atom is 0.0474 e. The van der Waals surface area contributed by atoms with E-state index in [2.05, 4.69) is 11.9 Å². The molecule has 0 bridgehead atoms. The molecular formula is C9H20N2O. The maximum atomic E-state index is 5.71. The van der Waals surface area contributed by atoms with E-state index < -0.39 is 0 Å². The fraction of sp³-hybridized carbons (Fsp3) is 1.00. The van der Waals surface area contributed by atoms with Crippen molar-refractivity contribution < 1.29 is 4.74 Å². The number of hydrogen-bond acceptors (Lipinski definition) is 3. The number of hydrogen-bond donors (Lipinski definition) is 1. The molecule has 0 spiro atoms. The van der Waals surface area contributed by atoms with Gasteiger partial charge in [-0.25, -0.2) is 0 Å². The first-order chi connectivity index (χ1) is 5.74. The predicted octanol–water partition coefficient (Wildman–Crippen LogP) is 0.444. The van der Waals surface area contributed by atoms with Crippen LogP contribution in [0, 0.1) is 0 Å². The zero-order chi connectivity index (χ0) is 8.97. The van der Waals surface area contributed by atoms with Gasteiger partial charge in [0.25, 0.3) is 0 Å². The van der Waals surface area contributed by atoms with E-state index in [-0.39, 0.29) is 0 Å². The summed E-state index contributed by atoms with van der Waals surface area (Å²) in [7, 11) is 3.92. The second-order valence-corrected chi connectivity index (χ2v) is 3.71. The van der Waals surface area contributed by atoms with Crippen LogP contribution in [0.4, 0.5) is 0 Å². The van der Waals surface area contributed by atoms with Gasteiger partial charge in [0.05, 0.1) is 0 Å². The van der Waals surface area contributed by atoms with Crippen LogP contribution in [-0.2, 0) is 4.74 Å². The van der Waals surface area contributed by atoms with Crippen molar-refractivity contribution >= 4 is 0 Å². The Hall–Kier alpha value is -0.120. The minimum atomic E-state index is 0.458. The number of nitrogens with two attached hydrogens (primary N) is 1. The Bertz CT molecular complexity index is 124. The predicted molar refractivity (Wildman–Crippen MR) is 50.1 cm³/mol. The van der Waals surface area contributed by atoms with Crippen molar-refractivity contribution in [2.75, 3.05) is 27.3 Å². The van der Waals surface area contributed by atoms with E-state index in [1.165, 1.54) is 12.8 Å². The number of nitrogens with zero attached hydrogens (tertiary/aromatic N) is 1. The lowest BCUT2D eigenvalue weighted by atomic mass is 9.86. The maximum absolute atomic E-state index is 5.71. The molecule has 0 aromatic heterocycles. The van der Waals surface area contributed by atoms with Crippen LogP contribution in [0.15, 0.2) is 0 Å². The summed E-state index contributed by atoms with van der Waals surface area (Å²) in [5.41, 5.74) is 5.71. The van der Waals surface area contributed by atoms with Crippen molar-refractivity contribution in [3.05, 3.63) is 0 Å². The lowest BCUT2D eigenvalue weighted by Gasteiger charge is -2.39. The molecule has 2 N–H and O–H groups in total. The Labute approximate surface area is 74.9 Å². The molecule has 0 atom stereocenters. The molecule has 1 fully saturated rings. The van der Waals surface area contributed by atoms with E-state index in [0.29, 0.717) is 6.04 Å². The highest BCUT2D eigenvalue weighted by molar-refractivity contribution is 4.88. The highest BCUT2D eigenvalue weighted by Crippen LogP contribution is 2.22. The molecule has 12 heavy (non-hydrogen) atoms. The first-order valence-electron chi connectivity index (χ1n) is 4.68. The summed E-state index contributed by atoms with van der Waals surface area (Å²) < 4.78 is 4.99. The van der Waals surface area contributed by atoms with E-state index >= 15 is 0 Å². The molecule has 1 aliphatic carbocycles. The lowest BCUT2D eigenvalue weighted by Crippen LogP contribution is -2.49. The van der Waals surface area contributed by atoms with Gasteiger partial charge in [0.15, 0.2) is 0 Å². The van der Waals surface area contributed by atoms with E-state index in [1.807, 2.05) is 0 Å². The molecule has 1 aliphatic rings. The highest BCUT2D eigenvalue weighted by atomic mass is 16.5. The summed E-state index contributed by atoms with van der Waals surface area (Å²) in [5.74, 6) is 0. The standard InChI is InChI=1S/C9H20N2O/c1-11(4-3-5-12-2)9-6-8(10)7-9/h8-9H,3-7,10H2,1-2H3. The highest BCUT2D eigenvalue weighted by Gasteiger charge is 2.28. The first-order valence-corrected chi connectivity index (χ1v) is 4.68. The van der Waals surface area contributed by atoms with Crippen molar-refractivity contribution in [1.29, 1.82) is 0 Å². The van der Waals surface area contributed by atoms with Gasteiger partial charge >= 0.3 is 0 Å². The molecular weight excluding hydrogens is 152 g/mol. The molecule has 3 heteroatoms. The van der Waals surface area contributed by atoms with Gasteiger partial charge in [0.1, 0.15) is 0 Å². The van der Waals surface area contributed by atoms with Crippen LogP contribution >= 0.6 is 0 Å². The van der Waals surface area contributed by atoms with Crippen molar-refractivity contribution in [2.24, 2.45) is 5.73 Å². The summed E-state index contributed by atoms with van der Waals surface area (Å²) in [6.45, 7) is 1.99. The molecule has 0 aliphatic heterocycles. The van der Waals surface area contributed by atoms with Gasteiger partial charge in [-0.2, -0.15) is 0 Å². The molecule has 0 heterocycles. The normalized spacial score (nSPS) is 29.0. The molecule has 0 unspecified atom stereocenters. The zero-order valence-electron chi connectivity index (χ0n) is 8.12. The summed E-state index contributed by atoms with van der Waals surface area (Å²) >= 11 is 0. The Morgan fingerprint density at radius 1 is 1.50 bits per heavy atom. The van der Waals surface area contributed by atoms with E-state index in [0.717, 1.165) is 25.6 Å². The van der Waals surface area contributed by atoms with Crippen LogP contribution in [0.2, 0.25) is 0 Å². The fourth-order valence-electron chi connectivity index (χ4n) is 1.63. The third kappa shape index (κ3) is 2.73. The minimum absolute atomic E-state index is 0.458. The Kier molecular flexibility index (Phi) is 3.98. The van der Waals surface area contributed by atoms with Crippen molar-refractivity contribution in [1.82, 2.24) is 4.90 Å². The van der Waals surface area contributed by atoms with Crippen molar-refractivity contribution in [3.63, 3.8) is 0 Å². The smallest absolute Gasteiger partial charge is 0.0474 e. The number of rotatable bonds is 5. The topological polar surface area (TPSA) is 38.5 Å². The molecule has 72 valence electrons. The number of methoxy groups -OCH3 is 1. The average Bonchev–Trinajstić information content (AvgIpc) is 1.99. The van der Waals surface area contributed by atoms with E-state index in [4.69, 9.17) is 10.5 Å². The van der Waals surface area contributed by atoms with Crippen LogP contribution in [0.5, 0.6) is 0 Å². The Morgan fingerprint density at radius 3 is 2.67 bits per heavy atom. The largest absolute Gasteiger partial charge is 0.385 e.